The second-order valence-corrected chi connectivity index (χ2v) is 7.83. The predicted molar refractivity (Wildman–Crippen MR) is 88.6 cm³/mol. The molecule has 0 heterocycles. The van der Waals surface area contributed by atoms with Gasteiger partial charge < -0.3 is 5.73 Å². The molecule has 4 nitrogen and oxygen atoms in total. The van der Waals surface area contributed by atoms with E-state index in [0.29, 0.717) is 10.6 Å². The number of nitrogens with one attached hydrogen (secondary N) is 1. The van der Waals surface area contributed by atoms with Gasteiger partial charge >= 0.3 is 0 Å². The molecule has 0 unspecified atom stereocenters. The average Bonchev–Trinajstić information content (AvgIpc) is 2.37. The van der Waals surface area contributed by atoms with Crippen molar-refractivity contribution in [1.82, 2.24) is 4.72 Å². The number of benzene rings is 1. The Kier molecular flexibility index (Phi) is 6.50. The molecule has 21 heavy (non-hydrogen) atoms. The molecule has 0 saturated heterocycles. The van der Waals surface area contributed by atoms with Crippen LogP contribution in [0.3, 0.4) is 0 Å². The normalized spacial score (nSPS) is 18.0. The molecule has 3 N–H and O–H groups in total. The fraction of sp³-hybridized carbons (Fsp3) is 0.571. The second-order valence-electron chi connectivity index (χ2n) is 5.66. The zero-order valence-electron chi connectivity index (χ0n) is 12.1. The molecular weight excluding hydrogens is 331 g/mol. The fourth-order valence-electron chi connectivity index (χ4n) is 2.66. The third-order valence-corrected chi connectivity index (χ3v) is 5.69. The van der Waals surface area contributed by atoms with Gasteiger partial charge in [0.05, 0.1) is 4.90 Å². The van der Waals surface area contributed by atoms with Crippen LogP contribution in [0.1, 0.15) is 37.7 Å². The predicted octanol–water partition coefficient (Wildman–Crippen LogP) is 3.01. The zero-order valence-corrected chi connectivity index (χ0v) is 14.5. The summed E-state index contributed by atoms with van der Waals surface area (Å²) in [6, 6.07) is 4.76. The fourth-order valence-corrected chi connectivity index (χ4v) is 4.25. The van der Waals surface area contributed by atoms with Gasteiger partial charge in [0.2, 0.25) is 10.0 Å². The van der Waals surface area contributed by atoms with Crippen LogP contribution in [0.4, 0.5) is 0 Å². The maximum absolute atomic E-state index is 12.3. The van der Waals surface area contributed by atoms with Gasteiger partial charge in [-0.15, -0.1) is 12.4 Å². The van der Waals surface area contributed by atoms with Crippen LogP contribution in [-0.4, -0.2) is 20.5 Å². The Hall–Kier alpha value is -0.330. The number of hydrogen-bond acceptors (Lipinski definition) is 3. The summed E-state index contributed by atoms with van der Waals surface area (Å²) in [6.07, 6.45) is 5.06. The van der Waals surface area contributed by atoms with Gasteiger partial charge in [0, 0.05) is 17.1 Å². The number of aryl methyl sites for hydroxylation is 1. The molecule has 1 aromatic carbocycles. The summed E-state index contributed by atoms with van der Waals surface area (Å²) in [5.74, 6) is 0. The monoisotopic (exact) mass is 352 g/mol. The largest absolute Gasteiger partial charge is 0.324 e. The lowest BCUT2D eigenvalue weighted by molar-refractivity contribution is 0.296. The van der Waals surface area contributed by atoms with Crippen LogP contribution in [0.5, 0.6) is 0 Å². The second kappa shape index (κ2) is 7.29. The van der Waals surface area contributed by atoms with E-state index in [1.54, 1.807) is 19.1 Å². The molecule has 1 saturated carbocycles. The highest BCUT2D eigenvalue weighted by Crippen LogP contribution is 2.26. The summed E-state index contributed by atoms with van der Waals surface area (Å²) >= 11 is 5.85. The third-order valence-electron chi connectivity index (χ3n) is 3.89. The van der Waals surface area contributed by atoms with Gasteiger partial charge in [0.15, 0.2) is 0 Å². The standard InChI is InChI=1S/C14H21ClN2O2S.ClH/c1-11-9-12(15)5-6-13(11)20(18,19)17-10-14(16)7-3-2-4-8-14;/h5-6,9,17H,2-4,7-8,10,16H2,1H3;1H. The quantitative estimate of drug-likeness (QED) is 0.874. The van der Waals surface area contributed by atoms with Gasteiger partial charge in [-0.25, -0.2) is 13.1 Å². The summed E-state index contributed by atoms with van der Waals surface area (Å²) in [4.78, 5) is 0.265. The molecule has 2 rings (SSSR count). The van der Waals surface area contributed by atoms with Crippen LogP contribution in [0.15, 0.2) is 23.1 Å². The van der Waals surface area contributed by atoms with E-state index >= 15 is 0 Å². The minimum atomic E-state index is -3.53. The lowest BCUT2D eigenvalue weighted by atomic mass is 9.83. The summed E-state index contributed by atoms with van der Waals surface area (Å²) in [7, 11) is -3.53. The SMILES string of the molecule is Cc1cc(Cl)ccc1S(=O)(=O)NCC1(N)CCCCC1.Cl. The number of hydrogen-bond donors (Lipinski definition) is 2. The van der Waals surface area contributed by atoms with Crippen molar-refractivity contribution in [2.24, 2.45) is 5.73 Å². The number of rotatable bonds is 4. The van der Waals surface area contributed by atoms with Crippen molar-refractivity contribution in [2.75, 3.05) is 6.54 Å². The van der Waals surface area contributed by atoms with Gasteiger partial charge in [0.25, 0.3) is 0 Å². The van der Waals surface area contributed by atoms with Gasteiger partial charge in [-0.3, -0.25) is 0 Å². The highest BCUT2D eigenvalue weighted by atomic mass is 35.5. The summed E-state index contributed by atoms with van der Waals surface area (Å²) in [5.41, 5.74) is 6.49. The molecule has 1 aliphatic rings. The Bertz CT molecular complexity index is 585. The van der Waals surface area contributed by atoms with Crippen LogP contribution >= 0.6 is 24.0 Å². The first-order valence-electron chi connectivity index (χ1n) is 6.87. The lowest BCUT2D eigenvalue weighted by Gasteiger charge is -2.33. The molecular formula is C14H22Cl2N2O2S. The minimum absolute atomic E-state index is 0. The topological polar surface area (TPSA) is 72.2 Å². The van der Waals surface area contributed by atoms with Crippen molar-refractivity contribution in [3.8, 4) is 0 Å². The molecule has 0 amide bonds. The maximum Gasteiger partial charge on any atom is 0.240 e. The minimum Gasteiger partial charge on any atom is -0.324 e. The highest BCUT2D eigenvalue weighted by molar-refractivity contribution is 7.89. The van der Waals surface area contributed by atoms with Gasteiger partial charge in [-0.05, 0) is 43.5 Å². The van der Waals surface area contributed by atoms with Crippen molar-refractivity contribution in [1.29, 1.82) is 0 Å². The molecule has 0 bridgehead atoms. The van der Waals surface area contributed by atoms with E-state index in [1.165, 1.54) is 12.5 Å². The van der Waals surface area contributed by atoms with Crippen molar-refractivity contribution in [3.63, 3.8) is 0 Å². The van der Waals surface area contributed by atoms with Gasteiger partial charge in [-0.1, -0.05) is 30.9 Å². The number of halogens is 2. The average molecular weight is 353 g/mol. The van der Waals surface area contributed by atoms with Crippen LogP contribution in [0.25, 0.3) is 0 Å². The van der Waals surface area contributed by atoms with Crippen LogP contribution in [0.2, 0.25) is 5.02 Å². The van der Waals surface area contributed by atoms with Crippen molar-refractivity contribution >= 4 is 34.0 Å². The zero-order chi connectivity index (χ0) is 14.8. The van der Waals surface area contributed by atoms with Gasteiger partial charge in [-0.2, -0.15) is 0 Å². The molecule has 1 aliphatic carbocycles. The molecule has 120 valence electrons. The van der Waals surface area contributed by atoms with Crippen molar-refractivity contribution in [2.45, 2.75) is 49.5 Å². The summed E-state index contributed by atoms with van der Waals surface area (Å²) in [5, 5.41) is 0.532. The smallest absolute Gasteiger partial charge is 0.240 e. The lowest BCUT2D eigenvalue weighted by Crippen LogP contribution is -2.51. The molecule has 0 spiro atoms. The van der Waals surface area contributed by atoms with E-state index in [0.717, 1.165) is 25.7 Å². The Morgan fingerprint density at radius 2 is 1.90 bits per heavy atom. The summed E-state index contributed by atoms with van der Waals surface area (Å²) < 4.78 is 27.3. The Labute approximate surface area is 137 Å². The molecule has 0 aliphatic heterocycles. The molecule has 7 heteroatoms. The van der Waals surface area contributed by atoms with E-state index in [-0.39, 0.29) is 23.8 Å². The van der Waals surface area contributed by atoms with Crippen LogP contribution in [-0.2, 0) is 10.0 Å². The van der Waals surface area contributed by atoms with Gasteiger partial charge in [0.1, 0.15) is 0 Å². The Morgan fingerprint density at radius 1 is 1.29 bits per heavy atom. The van der Waals surface area contributed by atoms with E-state index in [4.69, 9.17) is 17.3 Å². The number of nitrogens with two attached hydrogens (primary N) is 1. The van der Waals surface area contributed by atoms with Crippen molar-refractivity contribution < 1.29 is 8.42 Å². The van der Waals surface area contributed by atoms with E-state index in [2.05, 4.69) is 4.72 Å². The first kappa shape index (κ1) is 18.7. The molecule has 0 radical (unpaired) electrons. The molecule has 1 aromatic rings. The Balaban J connectivity index is 0.00000220. The van der Waals surface area contributed by atoms with E-state index in [1.807, 2.05) is 0 Å². The van der Waals surface area contributed by atoms with E-state index < -0.39 is 15.6 Å². The molecule has 0 aromatic heterocycles. The first-order valence-corrected chi connectivity index (χ1v) is 8.73. The summed E-state index contributed by atoms with van der Waals surface area (Å²) in [6.45, 7) is 2.02. The highest BCUT2D eigenvalue weighted by Gasteiger charge is 2.29. The van der Waals surface area contributed by atoms with Crippen LogP contribution in [0, 0.1) is 6.92 Å². The first-order chi connectivity index (χ1) is 9.32. The Morgan fingerprint density at radius 3 is 2.48 bits per heavy atom. The van der Waals surface area contributed by atoms with E-state index in [9.17, 15) is 8.42 Å². The molecule has 1 fully saturated rings. The van der Waals surface area contributed by atoms with Crippen molar-refractivity contribution in [3.05, 3.63) is 28.8 Å². The van der Waals surface area contributed by atoms with Crippen LogP contribution < -0.4 is 10.5 Å². The molecule has 0 atom stereocenters. The number of sulfonamides is 1. The maximum atomic E-state index is 12.3. The third kappa shape index (κ3) is 4.83.